The van der Waals surface area contributed by atoms with Crippen LogP contribution in [0.1, 0.15) is 122 Å². The number of nitrogens with two attached hydrogens (primary N) is 2. The highest BCUT2D eigenvalue weighted by Gasteiger charge is 2.30. The molecule has 0 saturated carbocycles. The zero-order valence-electron chi connectivity index (χ0n) is 32.7. The molecule has 0 bridgehead atoms. The third-order valence-electron chi connectivity index (χ3n) is 7.45. The van der Waals surface area contributed by atoms with Crippen molar-refractivity contribution in [3.8, 4) is 0 Å². The Kier molecular flexibility index (Phi) is 24.2. The monoisotopic (exact) mass is 715 g/mol. The molecular formula is C36H70N6O8. The number of carboxylic acid groups (broad SMARTS) is 2. The van der Waals surface area contributed by atoms with Gasteiger partial charge in [0.2, 0.25) is 23.6 Å². The molecule has 6 atom stereocenters. The van der Waals surface area contributed by atoms with Gasteiger partial charge in [0.05, 0.1) is 12.1 Å². The Balaban J connectivity index is 0. The number of nitrogens with one attached hydrogen (secondary N) is 4. The first-order valence-electron chi connectivity index (χ1n) is 18.1. The summed E-state index contributed by atoms with van der Waals surface area (Å²) in [6.07, 6.45) is 2.53. The van der Waals surface area contributed by atoms with E-state index in [0.29, 0.717) is 38.5 Å². The number of rotatable bonds is 22. The van der Waals surface area contributed by atoms with Crippen molar-refractivity contribution in [2.45, 2.75) is 158 Å². The first-order chi connectivity index (χ1) is 22.9. The van der Waals surface area contributed by atoms with E-state index in [0.717, 1.165) is 0 Å². The molecule has 50 heavy (non-hydrogen) atoms. The molecule has 0 aromatic carbocycles. The fourth-order valence-corrected chi connectivity index (χ4v) is 5.12. The van der Waals surface area contributed by atoms with Crippen molar-refractivity contribution in [2.75, 3.05) is 0 Å². The van der Waals surface area contributed by atoms with Crippen molar-refractivity contribution in [3.05, 3.63) is 0 Å². The van der Waals surface area contributed by atoms with Gasteiger partial charge in [-0.05, 0) is 74.0 Å². The van der Waals surface area contributed by atoms with Crippen molar-refractivity contribution in [2.24, 2.45) is 47.0 Å². The van der Waals surface area contributed by atoms with Gasteiger partial charge >= 0.3 is 11.9 Å². The summed E-state index contributed by atoms with van der Waals surface area (Å²) in [4.78, 5) is 72.2. The van der Waals surface area contributed by atoms with E-state index in [1.54, 1.807) is 0 Å². The second-order valence-electron chi connectivity index (χ2n) is 15.9. The average Bonchev–Trinajstić information content (AvgIpc) is 2.94. The molecule has 0 fully saturated rings. The highest BCUT2D eigenvalue weighted by Crippen LogP contribution is 2.12. The van der Waals surface area contributed by atoms with Gasteiger partial charge in [-0.15, -0.1) is 0 Å². The molecule has 0 unspecified atom stereocenters. The summed E-state index contributed by atoms with van der Waals surface area (Å²) in [5.74, 6) is -2.79. The van der Waals surface area contributed by atoms with Crippen LogP contribution in [-0.2, 0) is 28.8 Å². The van der Waals surface area contributed by atoms with E-state index < -0.39 is 60.0 Å². The standard InChI is InChI=1S/2C18H35N3O4/c2*1-10(2)7-13(19)16(22)20-14(8-11(3)4)17(23)21-15(18(24)25)9-12(5)6/h2*10-15H,7-9,19H2,1-6H3,(H,20,22)(H,21,23)(H,24,25)/t2*13-,14-,15-/m10/s1. The third-order valence-corrected chi connectivity index (χ3v) is 7.45. The minimum Gasteiger partial charge on any atom is -0.480 e. The van der Waals surface area contributed by atoms with Gasteiger partial charge in [-0.3, -0.25) is 19.2 Å². The van der Waals surface area contributed by atoms with E-state index in [1.807, 2.05) is 83.1 Å². The zero-order chi connectivity index (χ0) is 39.5. The van der Waals surface area contributed by atoms with Gasteiger partial charge in [0, 0.05) is 0 Å². The number of carboxylic acids is 2. The molecule has 292 valence electrons. The topological polar surface area (TPSA) is 243 Å². The molecule has 0 aliphatic rings. The molecule has 0 radical (unpaired) electrons. The molecule has 0 aromatic heterocycles. The fourth-order valence-electron chi connectivity index (χ4n) is 5.12. The van der Waals surface area contributed by atoms with Crippen LogP contribution < -0.4 is 32.7 Å². The normalized spacial score (nSPS) is 15.1. The molecule has 14 heteroatoms. The molecule has 14 nitrogen and oxygen atoms in total. The molecule has 0 aromatic rings. The van der Waals surface area contributed by atoms with Crippen LogP contribution in [-0.4, -0.2) is 82.0 Å². The molecule has 0 aliphatic carbocycles. The van der Waals surface area contributed by atoms with Gasteiger partial charge in [-0.1, -0.05) is 83.1 Å². The maximum atomic E-state index is 12.5. The minimum absolute atomic E-state index is 0.124. The van der Waals surface area contributed by atoms with Gasteiger partial charge in [-0.2, -0.15) is 0 Å². The lowest BCUT2D eigenvalue weighted by atomic mass is 9.99. The molecule has 0 spiro atoms. The highest BCUT2D eigenvalue weighted by atomic mass is 16.4. The molecule has 0 saturated heterocycles. The molecular weight excluding hydrogens is 644 g/mol. The SMILES string of the molecule is CC(C)C[C@@H](N)C(=O)N[C@H](CC(C)C)C(=O)N[C@H](CC(C)C)C(=O)O.CC(C)C[C@H](NC(=O)[C@H](CC(C)C)NC(=O)[C@@H](N)CC(C)C)C(=O)O. The molecule has 0 heterocycles. The quantitative estimate of drug-likeness (QED) is 0.0815. The van der Waals surface area contributed by atoms with E-state index in [4.69, 9.17) is 11.5 Å². The van der Waals surface area contributed by atoms with Crippen LogP contribution in [0.15, 0.2) is 0 Å². The minimum atomic E-state index is -1.08. The Bertz CT molecular complexity index is 981. The Morgan fingerprint density at radius 1 is 0.380 bits per heavy atom. The van der Waals surface area contributed by atoms with Crippen LogP contribution in [0.5, 0.6) is 0 Å². The van der Waals surface area contributed by atoms with Crippen LogP contribution >= 0.6 is 0 Å². The largest absolute Gasteiger partial charge is 0.480 e. The van der Waals surface area contributed by atoms with Gasteiger partial charge < -0.3 is 42.9 Å². The van der Waals surface area contributed by atoms with E-state index in [1.165, 1.54) is 0 Å². The summed E-state index contributed by atoms with van der Waals surface area (Å²) in [5, 5.41) is 29.0. The van der Waals surface area contributed by atoms with Crippen molar-refractivity contribution in [1.82, 2.24) is 21.3 Å². The van der Waals surface area contributed by atoms with Crippen LogP contribution in [0.2, 0.25) is 0 Å². The van der Waals surface area contributed by atoms with E-state index in [-0.39, 0.29) is 47.3 Å². The summed E-state index contributed by atoms with van der Waals surface area (Å²) in [6.45, 7) is 23.2. The summed E-state index contributed by atoms with van der Waals surface area (Å²) in [7, 11) is 0. The maximum Gasteiger partial charge on any atom is 0.326 e. The van der Waals surface area contributed by atoms with Crippen LogP contribution in [0.4, 0.5) is 0 Å². The smallest absolute Gasteiger partial charge is 0.326 e. The summed E-state index contributed by atoms with van der Waals surface area (Å²) < 4.78 is 0. The van der Waals surface area contributed by atoms with E-state index in [2.05, 4.69) is 21.3 Å². The van der Waals surface area contributed by atoms with E-state index in [9.17, 15) is 39.0 Å². The van der Waals surface area contributed by atoms with E-state index >= 15 is 0 Å². The number of aliphatic carboxylic acids is 2. The summed E-state index contributed by atoms with van der Waals surface area (Å²) >= 11 is 0. The van der Waals surface area contributed by atoms with Gasteiger partial charge in [-0.25, -0.2) is 9.59 Å². The Morgan fingerprint density at radius 2 is 0.580 bits per heavy atom. The second kappa shape index (κ2) is 24.8. The number of hydrogen-bond acceptors (Lipinski definition) is 8. The Labute approximate surface area is 300 Å². The Morgan fingerprint density at radius 3 is 0.780 bits per heavy atom. The zero-order valence-corrected chi connectivity index (χ0v) is 32.7. The molecule has 4 amide bonds. The lowest BCUT2D eigenvalue weighted by Crippen LogP contribution is -2.55. The van der Waals surface area contributed by atoms with Gasteiger partial charge in [0.1, 0.15) is 24.2 Å². The lowest BCUT2D eigenvalue weighted by molar-refractivity contribution is -0.143. The number of carbonyl (C=O) groups excluding carboxylic acids is 4. The highest BCUT2D eigenvalue weighted by molar-refractivity contribution is 5.92. The van der Waals surface area contributed by atoms with Gasteiger partial charge in [0.25, 0.3) is 0 Å². The Hall–Kier alpha value is -3.26. The first-order valence-corrected chi connectivity index (χ1v) is 18.1. The maximum absolute atomic E-state index is 12.5. The number of hydrogen-bond donors (Lipinski definition) is 8. The average molecular weight is 715 g/mol. The van der Waals surface area contributed by atoms with Crippen LogP contribution in [0.25, 0.3) is 0 Å². The third kappa shape index (κ3) is 23.2. The van der Waals surface area contributed by atoms with Crippen LogP contribution in [0.3, 0.4) is 0 Å². The van der Waals surface area contributed by atoms with Crippen molar-refractivity contribution >= 4 is 35.6 Å². The van der Waals surface area contributed by atoms with Crippen molar-refractivity contribution in [3.63, 3.8) is 0 Å². The second-order valence-corrected chi connectivity index (χ2v) is 15.9. The molecule has 10 N–H and O–H groups in total. The predicted molar refractivity (Wildman–Crippen MR) is 196 cm³/mol. The predicted octanol–water partition coefficient (Wildman–Crippen LogP) is 3.01. The van der Waals surface area contributed by atoms with Crippen molar-refractivity contribution in [1.29, 1.82) is 0 Å². The summed E-state index contributed by atoms with van der Waals surface area (Å²) in [5.41, 5.74) is 11.7. The van der Waals surface area contributed by atoms with Crippen LogP contribution in [0, 0.1) is 35.5 Å². The van der Waals surface area contributed by atoms with Gasteiger partial charge in [0.15, 0.2) is 0 Å². The number of amides is 4. The summed E-state index contributed by atoms with van der Waals surface area (Å²) in [6, 6.07) is -4.90. The fraction of sp³-hybridized carbons (Fsp3) is 0.833. The molecule has 0 aliphatic heterocycles. The molecule has 0 rings (SSSR count). The van der Waals surface area contributed by atoms with Crippen molar-refractivity contribution < 1.29 is 39.0 Å². The first kappa shape index (κ1) is 48.9. The number of carbonyl (C=O) groups is 6. The lowest BCUT2D eigenvalue weighted by Gasteiger charge is -2.25.